The molecule has 122 valence electrons. The number of rotatable bonds is 4. The molecule has 0 fully saturated rings. The van der Waals surface area contributed by atoms with Crippen molar-refractivity contribution in [2.45, 2.75) is 5.25 Å². The Morgan fingerprint density at radius 3 is 2.04 bits per heavy atom. The van der Waals surface area contributed by atoms with Crippen LogP contribution < -0.4 is 0 Å². The molecule has 1 N–H and O–H groups in total. The van der Waals surface area contributed by atoms with Gasteiger partial charge in [-0.1, -0.05) is 66.7 Å². The summed E-state index contributed by atoms with van der Waals surface area (Å²) in [5.74, 6) is 0.791. The first-order valence-corrected chi connectivity index (χ1v) is 8.64. The molecule has 2 aromatic carbocycles. The topological polar surface area (TPSA) is 41.6 Å². The van der Waals surface area contributed by atoms with Crippen molar-refractivity contribution in [1.29, 1.82) is 0 Å². The molecule has 2 heterocycles. The van der Waals surface area contributed by atoms with Crippen LogP contribution in [0, 0.1) is 0 Å². The van der Waals surface area contributed by atoms with Gasteiger partial charge in [-0.15, -0.1) is 0 Å². The summed E-state index contributed by atoms with van der Waals surface area (Å²) in [7, 11) is 0. The van der Waals surface area contributed by atoms with Gasteiger partial charge in [-0.3, -0.25) is 4.98 Å². The second-order valence-corrected chi connectivity index (χ2v) is 6.25. The Bertz CT molecular complexity index is 893. The van der Waals surface area contributed by atoms with E-state index in [1.807, 2.05) is 54.6 Å². The van der Waals surface area contributed by atoms with E-state index < -0.39 is 0 Å². The molecular formula is C21H17N3S. The molecule has 1 unspecified atom stereocenters. The Hall–Kier alpha value is -2.85. The Morgan fingerprint density at radius 2 is 1.40 bits per heavy atom. The van der Waals surface area contributed by atoms with Crippen molar-refractivity contribution in [3.8, 4) is 22.5 Å². The van der Waals surface area contributed by atoms with Gasteiger partial charge in [0.15, 0.2) is 0 Å². The van der Waals surface area contributed by atoms with Crippen molar-refractivity contribution in [1.82, 2.24) is 15.0 Å². The highest BCUT2D eigenvalue weighted by atomic mass is 32.1. The van der Waals surface area contributed by atoms with E-state index in [-0.39, 0.29) is 5.25 Å². The number of aromatic amines is 1. The smallest absolute Gasteiger partial charge is 0.126 e. The molecule has 25 heavy (non-hydrogen) atoms. The molecule has 0 saturated heterocycles. The Balaban J connectivity index is 1.84. The van der Waals surface area contributed by atoms with Gasteiger partial charge in [-0.05, 0) is 12.1 Å². The van der Waals surface area contributed by atoms with Gasteiger partial charge in [-0.25, -0.2) is 4.98 Å². The molecule has 2 aromatic heterocycles. The summed E-state index contributed by atoms with van der Waals surface area (Å²) in [5.41, 5.74) is 4.97. The van der Waals surface area contributed by atoms with Crippen molar-refractivity contribution in [2.75, 3.05) is 0 Å². The van der Waals surface area contributed by atoms with Gasteiger partial charge < -0.3 is 4.98 Å². The lowest BCUT2D eigenvalue weighted by atomic mass is 10.1. The van der Waals surface area contributed by atoms with Crippen molar-refractivity contribution < 1.29 is 0 Å². The second kappa shape index (κ2) is 6.95. The molecule has 4 heteroatoms. The molecule has 3 nitrogen and oxygen atoms in total. The fourth-order valence-electron chi connectivity index (χ4n) is 2.82. The summed E-state index contributed by atoms with van der Waals surface area (Å²) < 4.78 is 0. The highest BCUT2D eigenvalue weighted by molar-refractivity contribution is 7.80. The average Bonchev–Trinajstić information content (AvgIpc) is 3.15. The van der Waals surface area contributed by atoms with E-state index in [1.165, 1.54) is 0 Å². The number of H-pyrrole nitrogens is 1. The highest BCUT2D eigenvalue weighted by Crippen LogP contribution is 2.34. The molecular weight excluding hydrogens is 326 g/mol. The Morgan fingerprint density at radius 1 is 0.760 bits per heavy atom. The molecule has 0 radical (unpaired) electrons. The van der Waals surface area contributed by atoms with Gasteiger partial charge in [0.2, 0.25) is 0 Å². The number of hydrogen-bond donors (Lipinski definition) is 2. The molecule has 4 aromatic rings. The fraction of sp³-hybridized carbons (Fsp3) is 0.0476. The molecule has 4 rings (SSSR count). The number of imidazole rings is 1. The summed E-state index contributed by atoms with van der Waals surface area (Å²) in [6.07, 6.45) is 1.78. The zero-order chi connectivity index (χ0) is 17.1. The van der Waals surface area contributed by atoms with E-state index in [4.69, 9.17) is 17.6 Å². The maximum Gasteiger partial charge on any atom is 0.126 e. The fourth-order valence-corrected chi connectivity index (χ4v) is 3.09. The van der Waals surface area contributed by atoms with Gasteiger partial charge in [0, 0.05) is 17.3 Å². The summed E-state index contributed by atoms with van der Waals surface area (Å²) in [5, 5.41) is -0.207. The van der Waals surface area contributed by atoms with Gasteiger partial charge >= 0.3 is 0 Å². The van der Waals surface area contributed by atoms with Crippen LogP contribution >= 0.6 is 12.6 Å². The van der Waals surface area contributed by atoms with Crippen molar-refractivity contribution in [2.24, 2.45) is 0 Å². The molecule has 0 spiro atoms. The second-order valence-electron chi connectivity index (χ2n) is 5.73. The van der Waals surface area contributed by atoms with E-state index in [0.29, 0.717) is 0 Å². The van der Waals surface area contributed by atoms with E-state index in [1.54, 1.807) is 6.20 Å². The lowest BCUT2D eigenvalue weighted by Gasteiger charge is -2.06. The maximum absolute atomic E-state index is 4.86. The SMILES string of the molecule is SC(c1ccccn1)c1nc(-c2ccccc2)c(-c2ccccc2)[nH]1. The third-order valence-electron chi connectivity index (χ3n) is 4.06. The number of thiol groups is 1. The van der Waals surface area contributed by atoms with E-state index in [9.17, 15) is 0 Å². The van der Waals surface area contributed by atoms with Crippen LogP contribution in [0.25, 0.3) is 22.5 Å². The normalized spacial score (nSPS) is 12.0. The average molecular weight is 343 g/mol. The molecule has 0 aliphatic carbocycles. The van der Waals surface area contributed by atoms with Crippen LogP contribution in [-0.2, 0) is 0 Å². The summed E-state index contributed by atoms with van der Waals surface area (Å²) in [6, 6.07) is 26.3. The largest absolute Gasteiger partial charge is 0.340 e. The van der Waals surface area contributed by atoms with Gasteiger partial charge in [0.25, 0.3) is 0 Å². The Kier molecular flexibility index (Phi) is 4.36. The molecule has 0 aliphatic rings. The number of aromatic nitrogens is 3. The minimum Gasteiger partial charge on any atom is -0.340 e. The number of nitrogens with zero attached hydrogens (tertiary/aromatic N) is 2. The summed E-state index contributed by atoms with van der Waals surface area (Å²) in [4.78, 5) is 12.7. The van der Waals surface area contributed by atoms with Gasteiger partial charge in [0.05, 0.1) is 17.1 Å². The van der Waals surface area contributed by atoms with Gasteiger partial charge in [0.1, 0.15) is 11.1 Å². The highest BCUT2D eigenvalue weighted by Gasteiger charge is 2.19. The van der Waals surface area contributed by atoms with Crippen molar-refractivity contribution >= 4 is 12.6 Å². The predicted molar refractivity (Wildman–Crippen MR) is 105 cm³/mol. The quantitative estimate of drug-likeness (QED) is 0.503. The van der Waals surface area contributed by atoms with Crippen LogP contribution in [0.5, 0.6) is 0 Å². The Labute approximate surface area is 152 Å². The molecule has 0 amide bonds. The first-order chi connectivity index (χ1) is 12.3. The monoisotopic (exact) mass is 343 g/mol. The summed E-state index contributed by atoms with van der Waals surface area (Å²) >= 11 is 4.74. The van der Waals surface area contributed by atoms with Crippen LogP contribution in [-0.4, -0.2) is 15.0 Å². The van der Waals surface area contributed by atoms with E-state index >= 15 is 0 Å². The number of nitrogens with one attached hydrogen (secondary N) is 1. The van der Waals surface area contributed by atoms with E-state index in [0.717, 1.165) is 34.0 Å². The lowest BCUT2D eigenvalue weighted by molar-refractivity contribution is 0.962. The minimum atomic E-state index is -0.207. The number of pyridine rings is 1. The number of hydrogen-bond acceptors (Lipinski definition) is 3. The zero-order valence-corrected chi connectivity index (χ0v) is 14.4. The minimum absolute atomic E-state index is 0.207. The molecule has 1 atom stereocenters. The first-order valence-electron chi connectivity index (χ1n) is 8.12. The van der Waals surface area contributed by atoms with Crippen molar-refractivity contribution in [3.05, 3.63) is 96.6 Å². The van der Waals surface area contributed by atoms with E-state index in [2.05, 4.69) is 34.2 Å². The maximum atomic E-state index is 4.86. The number of benzene rings is 2. The standard InChI is InChI=1S/C21H17N3S/c25-20(17-13-7-8-14-22-17)21-23-18(15-9-3-1-4-10-15)19(24-21)16-11-5-2-6-12-16/h1-14,20,25H,(H,23,24). The lowest BCUT2D eigenvalue weighted by Crippen LogP contribution is -1.98. The summed E-state index contributed by atoms with van der Waals surface area (Å²) in [6.45, 7) is 0. The van der Waals surface area contributed by atoms with Crippen LogP contribution in [0.2, 0.25) is 0 Å². The molecule has 0 aliphatic heterocycles. The molecule has 0 saturated carbocycles. The predicted octanol–water partition coefficient (Wildman–Crippen LogP) is 5.16. The van der Waals surface area contributed by atoms with Crippen molar-refractivity contribution in [3.63, 3.8) is 0 Å². The zero-order valence-electron chi connectivity index (χ0n) is 13.5. The van der Waals surface area contributed by atoms with Gasteiger partial charge in [-0.2, -0.15) is 12.6 Å². The third-order valence-corrected chi connectivity index (χ3v) is 4.57. The first kappa shape index (κ1) is 15.7. The molecule has 0 bridgehead atoms. The third kappa shape index (κ3) is 3.21. The van der Waals surface area contributed by atoms with Crippen LogP contribution in [0.3, 0.4) is 0 Å². The van der Waals surface area contributed by atoms with Crippen LogP contribution in [0.1, 0.15) is 16.8 Å². The van der Waals surface area contributed by atoms with Crippen LogP contribution in [0.4, 0.5) is 0 Å². The van der Waals surface area contributed by atoms with Crippen LogP contribution in [0.15, 0.2) is 85.1 Å².